The number of likely N-dealkylation sites (tertiary alicyclic amines) is 1. The zero-order chi connectivity index (χ0) is 17.2. The van der Waals surface area contributed by atoms with Crippen LogP contribution in [0, 0.1) is 0 Å². The summed E-state index contributed by atoms with van der Waals surface area (Å²) in [6.07, 6.45) is 3.34. The fraction of sp³-hybridized carbons (Fsp3) is 0.611. The molecule has 0 bridgehead atoms. The fourth-order valence-electron chi connectivity index (χ4n) is 2.69. The number of benzene rings is 1. The van der Waals surface area contributed by atoms with Crippen LogP contribution in [-0.2, 0) is 9.53 Å². The summed E-state index contributed by atoms with van der Waals surface area (Å²) in [4.78, 5) is 14.1. The van der Waals surface area contributed by atoms with Gasteiger partial charge in [0.1, 0.15) is 11.5 Å². The number of methoxy groups -OCH3 is 1. The molecule has 0 atom stereocenters. The molecule has 1 fully saturated rings. The molecule has 24 heavy (non-hydrogen) atoms. The van der Waals surface area contributed by atoms with Crippen LogP contribution in [0.3, 0.4) is 0 Å². The van der Waals surface area contributed by atoms with Crippen LogP contribution in [0.2, 0.25) is 0 Å². The van der Waals surface area contributed by atoms with Crippen molar-refractivity contribution in [2.75, 3.05) is 40.0 Å². The van der Waals surface area contributed by atoms with Gasteiger partial charge in [0.15, 0.2) is 0 Å². The number of ether oxygens (including phenoxy) is 3. The van der Waals surface area contributed by atoms with Crippen molar-refractivity contribution >= 4 is 5.91 Å². The van der Waals surface area contributed by atoms with Crippen LogP contribution in [0.5, 0.6) is 11.5 Å². The minimum absolute atomic E-state index is 0.143. The van der Waals surface area contributed by atoms with Gasteiger partial charge < -0.3 is 24.8 Å². The predicted octanol–water partition coefficient (Wildman–Crippen LogP) is 1.82. The summed E-state index contributed by atoms with van der Waals surface area (Å²) < 4.78 is 16.5. The Labute approximate surface area is 143 Å². The molecule has 0 aromatic heterocycles. The Kier molecular flexibility index (Phi) is 7.85. The van der Waals surface area contributed by atoms with Crippen molar-refractivity contribution in [2.45, 2.75) is 31.8 Å². The molecule has 0 unspecified atom stereocenters. The molecule has 1 aromatic rings. The van der Waals surface area contributed by atoms with Gasteiger partial charge in [-0.1, -0.05) is 0 Å². The first kappa shape index (κ1) is 18.5. The van der Waals surface area contributed by atoms with Gasteiger partial charge in [0.2, 0.25) is 5.91 Å². The molecule has 0 spiro atoms. The summed E-state index contributed by atoms with van der Waals surface area (Å²) in [6, 6.07) is 7.36. The third-order valence-corrected chi connectivity index (χ3v) is 4.14. The van der Waals surface area contributed by atoms with E-state index >= 15 is 0 Å². The molecular formula is C18H28N2O4. The van der Waals surface area contributed by atoms with Crippen molar-refractivity contribution in [3.8, 4) is 11.5 Å². The van der Waals surface area contributed by atoms with Gasteiger partial charge in [-0.3, -0.25) is 4.79 Å². The molecule has 1 aliphatic heterocycles. The average molecular weight is 336 g/mol. The molecule has 2 rings (SSSR count). The van der Waals surface area contributed by atoms with Crippen molar-refractivity contribution < 1.29 is 19.0 Å². The number of hydrogen-bond donors (Lipinski definition) is 1. The Balaban J connectivity index is 1.62. The molecule has 0 radical (unpaired) electrons. The van der Waals surface area contributed by atoms with Gasteiger partial charge in [0, 0.05) is 19.7 Å². The lowest BCUT2D eigenvalue weighted by Crippen LogP contribution is -2.41. The van der Waals surface area contributed by atoms with Crippen LogP contribution >= 0.6 is 0 Å². The van der Waals surface area contributed by atoms with E-state index in [1.54, 1.807) is 7.11 Å². The van der Waals surface area contributed by atoms with Crippen LogP contribution in [0.1, 0.15) is 25.7 Å². The lowest BCUT2D eigenvalue weighted by Gasteiger charge is -2.32. The Bertz CT molecular complexity index is 484. The molecule has 1 saturated heterocycles. The van der Waals surface area contributed by atoms with E-state index in [4.69, 9.17) is 19.9 Å². The molecule has 0 saturated carbocycles. The molecule has 0 aliphatic carbocycles. The Morgan fingerprint density at radius 1 is 1.17 bits per heavy atom. The number of hydrogen-bond acceptors (Lipinski definition) is 5. The maximum atomic E-state index is 12.2. The number of carbonyl (C=O) groups excluding carboxylic acids is 1. The van der Waals surface area contributed by atoms with Crippen LogP contribution < -0.4 is 15.2 Å². The highest BCUT2D eigenvalue weighted by atomic mass is 16.5. The van der Waals surface area contributed by atoms with Crippen molar-refractivity contribution in [3.05, 3.63) is 24.3 Å². The molecular weight excluding hydrogens is 308 g/mol. The van der Waals surface area contributed by atoms with Gasteiger partial charge in [-0.2, -0.15) is 0 Å². The van der Waals surface area contributed by atoms with Gasteiger partial charge in [-0.15, -0.1) is 0 Å². The van der Waals surface area contributed by atoms with Gasteiger partial charge in [-0.25, -0.2) is 0 Å². The summed E-state index contributed by atoms with van der Waals surface area (Å²) in [5, 5.41) is 0. The Morgan fingerprint density at radius 3 is 2.46 bits per heavy atom. The molecule has 2 N–H and O–H groups in total. The topological polar surface area (TPSA) is 74.0 Å². The van der Waals surface area contributed by atoms with Crippen molar-refractivity contribution in [3.63, 3.8) is 0 Å². The average Bonchev–Trinajstić information content (AvgIpc) is 2.63. The quantitative estimate of drug-likeness (QED) is 0.696. The van der Waals surface area contributed by atoms with Gasteiger partial charge >= 0.3 is 0 Å². The van der Waals surface area contributed by atoms with Gasteiger partial charge in [0.25, 0.3) is 0 Å². The third kappa shape index (κ3) is 6.02. The number of carbonyl (C=O) groups is 1. The Morgan fingerprint density at radius 2 is 1.83 bits per heavy atom. The zero-order valence-corrected chi connectivity index (χ0v) is 14.4. The second-order valence-corrected chi connectivity index (χ2v) is 5.87. The lowest BCUT2D eigenvalue weighted by atomic mass is 10.1. The fourth-order valence-corrected chi connectivity index (χ4v) is 2.69. The van der Waals surface area contributed by atoms with Crippen LogP contribution in [0.15, 0.2) is 24.3 Å². The zero-order valence-electron chi connectivity index (χ0n) is 14.4. The molecule has 134 valence electrons. The number of nitrogens with two attached hydrogens (primary N) is 1. The first-order valence-electron chi connectivity index (χ1n) is 8.59. The van der Waals surface area contributed by atoms with Crippen molar-refractivity contribution in [2.24, 2.45) is 5.73 Å². The second kappa shape index (κ2) is 10.2. The largest absolute Gasteiger partial charge is 0.497 e. The van der Waals surface area contributed by atoms with Gasteiger partial charge in [0.05, 0.1) is 26.2 Å². The number of nitrogens with zero attached hydrogens (tertiary/aromatic N) is 1. The van der Waals surface area contributed by atoms with Crippen molar-refractivity contribution in [1.82, 2.24) is 4.90 Å². The molecule has 1 aliphatic rings. The standard InChI is InChI=1S/C18H28N2O4/c1-22-15-3-5-16(6-4-15)24-14-9-18(21)20-11-7-17(8-12-20)23-13-2-10-19/h3-6,17H,2,7-14,19H2,1H3. The minimum atomic E-state index is 0.143. The van der Waals surface area contributed by atoms with E-state index < -0.39 is 0 Å². The highest BCUT2D eigenvalue weighted by Crippen LogP contribution is 2.18. The van der Waals surface area contributed by atoms with Crippen LogP contribution in [0.25, 0.3) is 0 Å². The summed E-state index contributed by atoms with van der Waals surface area (Å²) in [5.74, 6) is 1.68. The normalized spacial score (nSPS) is 15.3. The molecule has 6 nitrogen and oxygen atoms in total. The lowest BCUT2D eigenvalue weighted by molar-refractivity contribution is -0.134. The highest BCUT2D eigenvalue weighted by Gasteiger charge is 2.22. The number of piperidine rings is 1. The molecule has 1 amide bonds. The maximum Gasteiger partial charge on any atom is 0.226 e. The van der Waals surface area contributed by atoms with E-state index in [9.17, 15) is 4.79 Å². The van der Waals surface area contributed by atoms with E-state index in [2.05, 4.69) is 0 Å². The third-order valence-electron chi connectivity index (χ3n) is 4.14. The van der Waals surface area contributed by atoms with E-state index in [0.717, 1.165) is 43.9 Å². The van der Waals surface area contributed by atoms with Crippen molar-refractivity contribution in [1.29, 1.82) is 0 Å². The highest BCUT2D eigenvalue weighted by molar-refractivity contribution is 5.76. The molecule has 6 heteroatoms. The van der Waals surface area contributed by atoms with Gasteiger partial charge in [-0.05, 0) is 50.1 Å². The summed E-state index contributed by atoms with van der Waals surface area (Å²) in [6.45, 7) is 3.28. The predicted molar refractivity (Wildman–Crippen MR) is 92.3 cm³/mol. The van der Waals surface area contributed by atoms with Crippen LogP contribution in [-0.4, -0.2) is 56.9 Å². The summed E-state index contributed by atoms with van der Waals surface area (Å²) in [5.41, 5.74) is 5.46. The first-order valence-corrected chi connectivity index (χ1v) is 8.59. The van der Waals surface area contributed by atoms with E-state index in [1.165, 1.54) is 0 Å². The van der Waals surface area contributed by atoms with E-state index in [1.807, 2.05) is 29.2 Å². The second-order valence-electron chi connectivity index (χ2n) is 5.87. The Hall–Kier alpha value is -1.79. The smallest absolute Gasteiger partial charge is 0.226 e. The summed E-state index contributed by atoms with van der Waals surface area (Å²) >= 11 is 0. The maximum absolute atomic E-state index is 12.2. The molecule has 1 aromatic carbocycles. The summed E-state index contributed by atoms with van der Waals surface area (Å²) in [7, 11) is 1.63. The minimum Gasteiger partial charge on any atom is -0.497 e. The van der Waals surface area contributed by atoms with E-state index in [0.29, 0.717) is 26.2 Å². The molecule has 1 heterocycles. The van der Waals surface area contributed by atoms with Crippen LogP contribution in [0.4, 0.5) is 0 Å². The number of rotatable bonds is 9. The first-order chi connectivity index (χ1) is 11.7. The SMILES string of the molecule is COc1ccc(OCCC(=O)N2CCC(OCCCN)CC2)cc1. The van der Waals surface area contributed by atoms with E-state index in [-0.39, 0.29) is 12.0 Å². The monoisotopic (exact) mass is 336 g/mol. The number of amides is 1.